The number of rotatable bonds is 6. The summed E-state index contributed by atoms with van der Waals surface area (Å²) in [6, 6.07) is 14.0. The molecule has 1 heterocycles. The molecular formula is C21H22N4O2S. The molecule has 2 aromatic carbocycles. The smallest absolute Gasteiger partial charge is 0.270 e. The Balaban J connectivity index is 1.51. The minimum absolute atomic E-state index is 0.0877. The predicted molar refractivity (Wildman–Crippen MR) is 113 cm³/mol. The molecule has 7 heteroatoms. The molecule has 144 valence electrons. The lowest BCUT2D eigenvalue weighted by molar-refractivity contribution is -0.117. The molecule has 0 aliphatic heterocycles. The van der Waals surface area contributed by atoms with Gasteiger partial charge in [-0.3, -0.25) is 9.59 Å². The third-order valence-corrected chi connectivity index (χ3v) is 5.95. The van der Waals surface area contributed by atoms with Crippen molar-refractivity contribution in [1.29, 1.82) is 0 Å². The van der Waals surface area contributed by atoms with E-state index in [2.05, 4.69) is 15.6 Å². The number of carbonyl (C=O) groups is 2. The molecule has 0 spiro atoms. The van der Waals surface area contributed by atoms with Crippen molar-refractivity contribution in [1.82, 2.24) is 4.98 Å². The SMILES string of the molecule is NC(=O)c1nc(Nc2ccc3ccccc3c2)sc1NC(=O)CC1CCCC1. The highest BCUT2D eigenvalue weighted by Gasteiger charge is 2.22. The van der Waals surface area contributed by atoms with E-state index in [1.54, 1.807) is 0 Å². The number of carbonyl (C=O) groups excluding carboxylic acids is 2. The molecule has 1 aliphatic carbocycles. The molecule has 4 rings (SSSR count). The molecule has 0 saturated heterocycles. The van der Waals surface area contributed by atoms with Gasteiger partial charge in [0.1, 0.15) is 5.00 Å². The minimum atomic E-state index is -0.654. The van der Waals surface area contributed by atoms with Gasteiger partial charge in [0.25, 0.3) is 5.91 Å². The first-order valence-corrected chi connectivity index (χ1v) is 10.3. The van der Waals surface area contributed by atoms with E-state index in [4.69, 9.17) is 5.73 Å². The van der Waals surface area contributed by atoms with Gasteiger partial charge in [-0.15, -0.1) is 0 Å². The maximum absolute atomic E-state index is 12.4. The van der Waals surface area contributed by atoms with Crippen LogP contribution in [0.2, 0.25) is 0 Å². The first kappa shape index (κ1) is 18.4. The minimum Gasteiger partial charge on any atom is -0.364 e. The third kappa shape index (κ3) is 4.14. The summed E-state index contributed by atoms with van der Waals surface area (Å²) in [7, 11) is 0. The Kier molecular flexibility index (Phi) is 5.25. The van der Waals surface area contributed by atoms with Gasteiger partial charge in [0.05, 0.1) is 0 Å². The molecule has 2 amide bonds. The van der Waals surface area contributed by atoms with Crippen molar-refractivity contribution in [3.63, 3.8) is 0 Å². The Bertz CT molecular complexity index is 1020. The Morgan fingerprint density at radius 1 is 1.11 bits per heavy atom. The highest BCUT2D eigenvalue weighted by molar-refractivity contribution is 7.20. The van der Waals surface area contributed by atoms with E-state index in [-0.39, 0.29) is 11.6 Å². The van der Waals surface area contributed by atoms with Gasteiger partial charge in [-0.1, -0.05) is 54.5 Å². The second-order valence-electron chi connectivity index (χ2n) is 7.15. The van der Waals surface area contributed by atoms with Gasteiger partial charge in [-0.05, 0) is 41.7 Å². The molecule has 1 fully saturated rings. The fourth-order valence-corrected chi connectivity index (χ4v) is 4.58. The lowest BCUT2D eigenvalue weighted by atomic mass is 10.0. The number of nitrogens with one attached hydrogen (secondary N) is 2. The van der Waals surface area contributed by atoms with Gasteiger partial charge in [0.15, 0.2) is 10.8 Å². The summed E-state index contributed by atoms with van der Waals surface area (Å²) < 4.78 is 0. The number of thiazole rings is 1. The van der Waals surface area contributed by atoms with Gasteiger partial charge in [0.2, 0.25) is 5.91 Å². The zero-order valence-corrected chi connectivity index (χ0v) is 16.2. The van der Waals surface area contributed by atoms with E-state index in [0.29, 0.717) is 22.5 Å². The number of aromatic nitrogens is 1. The van der Waals surface area contributed by atoms with Crippen molar-refractivity contribution < 1.29 is 9.59 Å². The van der Waals surface area contributed by atoms with Crippen molar-refractivity contribution >= 4 is 49.7 Å². The summed E-state index contributed by atoms with van der Waals surface area (Å²) in [5, 5.41) is 9.20. The van der Waals surface area contributed by atoms with Crippen LogP contribution in [0.5, 0.6) is 0 Å². The fraction of sp³-hybridized carbons (Fsp3) is 0.286. The number of benzene rings is 2. The summed E-state index contributed by atoms with van der Waals surface area (Å²) in [6.07, 6.45) is 5.03. The largest absolute Gasteiger partial charge is 0.364 e. The monoisotopic (exact) mass is 394 g/mol. The van der Waals surface area contributed by atoms with Crippen LogP contribution in [0.25, 0.3) is 10.8 Å². The zero-order chi connectivity index (χ0) is 19.5. The average Bonchev–Trinajstić information content (AvgIpc) is 3.31. The van der Waals surface area contributed by atoms with E-state index < -0.39 is 5.91 Å². The van der Waals surface area contributed by atoms with Gasteiger partial charge in [-0.25, -0.2) is 4.98 Å². The van der Waals surface area contributed by atoms with E-state index in [0.717, 1.165) is 29.3 Å². The normalized spacial score (nSPS) is 14.3. The summed E-state index contributed by atoms with van der Waals surface area (Å²) in [5.74, 6) is -0.311. The number of anilines is 3. The molecule has 6 nitrogen and oxygen atoms in total. The van der Waals surface area contributed by atoms with Crippen LogP contribution in [-0.2, 0) is 4.79 Å². The van der Waals surface area contributed by atoms with Crippen molar-refractivity contribution in [2.45, 2.75) is 32.1 Å². The maximum Gasteiger partial charge on any atom is 0.270 e. The van der Waals surface area contributed by atoms with Crippen LogP contribution >= 0.6 is 11.3 Å². The van der Waals surface area contributed by atoms with Crippen molar-refractivity contribution in [3.05, 3.63) is 48.2 Å². The summed E-state index contributed by atoms with van der Waals surface area (Å²) in [4.78, 5) is 28.4. The summed E-state index contributed by atoms with van der Waals surface area (Å²) in [6.45, 7) is 0. The lowest BCUT2D eigenvalue weighted by Crippen LogP contribution is -2.18. The lowest BCUT2D eigenvalue weighted by Gasteiger charge is -2.08. The molecule has 0 atom stereocenters. The van der Waals surface area contributed by atoms with E-state index >= 15 is 0 Å². The number of hydrogen-bond acceptors (Lipinski definition) is 5. The molecule has 1 aliphatic rings. The Morgan fingerprint density at radius 2 is 1.86 bits per heavy atom. The number of primary amides is 1. The molecule has 3 aromatic rings. The first-order chi connectivity index (χ1) is 13.6. The molecular weight excluding hydrogens is 372 g/mol. The zero-order valence-electron chi connectivity index (χ0n) is 15.4. The quantitative estimate of drug-likeness (QED) is 0.566. The Labute approximate surface area is 167 Å². The number of amides is 2. The Hall–Kier alpha value is -2.93. The second-order valence-corrected chi connectivity index (χ2v) is 8.15. The molecule has 28 heavy (non-hydrogen) atoms. The predicted octanol–water partition coefficient (Wildman–Crippen LogP) is 4.66. The fourth-order valence-electron chi connectivity index (χ4n) is 3.67. The number of nitrogens with two attached hydrogens (primary N) is 1. The number of hydrogen-bond donors (Lipinski definition) is 3. The van der Waals surface area contributed by atoms with Crippen LogP contribution in [0.1, 0.15) is 42.6 Å². The van der Waals surface area contributed by atoms with Crippen LogP contribution in [0, 0.1) is 5.92 Å². The van der Waals surface area contributed by atoms with Crippen molar-refractivity contribution in [2.24, 2.45) is 11.7 Å². The number of nitrogens with zero attached hydrogens (tertiary/aromatic N) is 1. The van der Waals surface area contributed by atoms with Crippen LogP contribution in [-0.4, -0.2) is 16.8 Å². The highest BCUT2D eigenvalue weighted by Crippen LogP contribution is 2.33. The first-order valence-electron chi connectivity index (χ1n) is 9.45. The Morgan fingerprint density at radius 3 is 2.61 bits per heavy atom. The molecule has 0 radical (unpaired) electrons. The van der Waals surface area contributed by atoms with Crippen molar-refractivity contribution in [2.75, 3.05) is 10.6 Å². The van der Waals surface area contributed by atoms with Gasteiger partial charge in [-0.2, -0.15) is 0 Å². The van der Waals surface area contributed by atoms with Gasteiger partial charge < -0.3 is 16.4 Å². The van der Waals surface area contributed by atoms with Crippen molar-refractivity contribution in [3.8, 4) is 0 Å². The van der Waals surface area contributed by atoms with Gasteiger partial charge in [0, 0.05) is 12.1 Å². The van der Waals surface area contributed by atoms with Crippen LogP contribution in [0.15, 0.2) is 42.5 Å². The highest BCUT2D eigenvalue weighted by atomic mass is 32.1. The molecule has 0 bridgehead atoms. The molecule has 0 unspecified atom stereocenters. The van der Waals surface area contributed by atoms with Gasteiger partial charge >= 0.3 is 0 Å². The summed E-state index contributed by atoms with van der Waals surface area (Å²) in [5.41, 5.74) is 6.41. The topological polar surface area (TPSA) is 97.1 Å². The summed E-state index contributed by atoms with van der Waals surface area (Å²) >= 11 is 1.22. The van der Waals surface area contributed by atoms with Crippen LogP contribution in [0.4, 0.5) is 15.8 Å². The molecule has 4 N–H and O–H groups in total. The third-order valence-electron chi connectivity index (χ3n) is 5.06. The second kappa shape index (κ2) is 7.98. The standard InChI is InChI=1S/C21H22N4O2S/c22-19(27)18-20(24-17(26)11-13-5-1-2-6-13)28-21(25-18)23-16-10-9-14-7-3-4-8-15(14)12-16/h3-4,7-10,12-13H,1-2,5-6,11H2,(H2,22,27)(H,23,25)(H,24,26). The number of fused-ring (bicyclic) bond motifs is 1. The van der Waals surface area contributed by atoms with Crippen LogP contribution < -0.4 is 16.4 Å². The molecule has 1 saturated carbocycles. The maximum atomic E-state index is 12.4. The van der Waals surface area contributed by atoms with E-state index in [1.165, 1.54) is 24.2 Å². The van der Waals surface area contributed by atoms with Crippen LogP contribution in [0.3, 0.4) is 0 Å². The molecule has 1 aromatic heterocycles. The van der Waals surface area contributed by atoms with E-state index in [1.807, 2.05) is 42.5 Å². The van der Waals surface area contributed by atoms with E-state index in [9.17, 15) is 9.59 Å². The average molecular weight is 395 g/mol.